The molecule has 0 aliphatic rings. The molecule has 3 N–H and O–H groups in total. The van der Waals surface area contributed by atoms with Crippen LogP contribution in [0.2, 0.25) is 0 Å². The molecule has 0 fully saturated rings. The molecule has 0 aromatic carbocycles. The van der Waals surface area contributed by atoms with Crippen LogP contribution in [0.5, 0.6) is 0 Å². The third-order valence-corrected chi connectivity index (χ3v) is 2.31. The Balaban J connectivity index is 2.58. The summed E-state index contributed by atoms with van der Waals surface area (Å²) >= 11 is 0. The largest absolute Gasteiger partial charge is 0.370 e. The van der Waals surface area contributed by atoms with Gasteiger partial charge >= 0.3 is 0 Å². The summed E-state index contributed by atoms with van der Waals surface area (Å²) in [5, 5.41) is 8.19. The van der Waals surface area contributed by atoms with E-state index in [-0.39, 0.29) is 18.2 Å². The molecule has 1 aromatic heterocycles. The fourth-order valence-electron chi connectivity index (χ4n) is 1.41. The van der Waals surface area contributed by atoms with Gasteiger partial charge in [0, 0.05) is 32.8 Å². The van der Waals surface area contributed by atoms with Crippen LogP contribution in [0.3, 0.4) is 0 Å². The summed E-state index contributed by atoms with van der Waals surface area (Å²) in [4.78, 5) is 27.0. The first-order valence-electron chi connectivity index (χ1n) is 5.86. The lowest BCUT2D eigenvalue weighted by molar-refractivity contribution is -0.120. The highest BCUT2D eigenvalue weighted by atomic mass is 16.2. The van der Waals surface area contributed by atoms with Crippen LogP contribution in [0.15, 0.2) is 18.3 Å². The van der Waals surface area contributed by atoms with Gasteiger partial charge in [-0.2, -0.15) is 0 Å². The van der Waals surface area contributed by atoms with Crippen molar-refractivity contribution in [2.24, 2.45) is 0 Å². The molecule has 0 saturated carbocycles. The van der Waals surface area contributed by atoms with Crippen LogP contribution in [0, 0.1) is 0 Å². The van der Waals surface area contributed by atoms with E-state index < -0.39 is 0 Å². The number of anilines is 1. The van der Waals surface area contributed by atoms with Crippen molar-refractivity contribution in [3.63, 3.8) is 0 Å². The van der Waals surface area contributed by atoms with E-state index in [1.54, 1.807) is 25.4 Å². The maximum atomic E-state index is 11.9. The quantitative estimate of drug-likeness (QED) is 0.681. The highest BCUT2D eigenvalue weighted by Gasteiger charge is 2.11. The molecule has 0 bridgehead atoms. The van der Waals surface area contributed by atoms with Crippen LogP contribution in [0.4, 0.5) is 5.82 Å². The molecular weight excluding hydrogens is 232 g/mol. The highest BCUT2D eigenvalue weighted by Crippen LogP contribution is 2.10. The van der Waals surface area contributed by atoms with Crippen LogP contribution >= 0.6 is 0 Å². The first-order valence-corrected chi connectivity index (χ1v) is 5.86. The van der Waals surface area contributed by atoms with Crippen molar-refractivity contribution in [1.29, 1.82) is 0 Å². The number of nitrogens with one attached hydrogen (secondary N) is 3. The molecule has 6 nitrogen and oxygen atoms in total. The van der Waals surface area contributed by atoms with Crippen molar-refractivity contribution in [1.82, 2.24) is 15.6 Å². The van der Waals surface area contributed by atoms with E-state index in [0.29, 0.717) is 24.5 Å². The van der Waals surface area contributed by atoms with Crippen LogP contribution in [0.1, 0.15) is 23.7 Å². The Morgan fingerprint density at radius 3 is 2.83 bits per heavy atom. The van der Waals surface area contributed by atoms with Crippen molar-refractivity contribution in [2.45, 2.75) is 13.3 Å². The average molecular weight is 250 g/mol. The minimum absolute atomic E-state index is 0.103. The van der Waals surface area contributed by atoms with Crippen LogP contribution in [0.25, 0.3) is 0 Å². The Hall–Kier alpha value is -2.11. The van der Waals surface area contributed by atoms with E-state index >= 15 is 0 Å². The predicted molar refractivity (Wildman–Crippen MR) is 69.4 cm³/mol. The molecule has 0 spiro atoms. The number of pyridine rings is 1. The second-order valence-corrected chi connectivity index (χ2v) is 3.61. The van der Waals surface area contributed by atoms with Crippen LogP contribution in [-0.2, 0) is 4.79 Å². The van der Waals surface area contributed by atoms with Gasteiger partial charge in [-0.1, -0.05) is 0 Å². The van der Waals surface area contributed by atoms with Gasteiger partial charge in [0.15, 0.2) is 0 Å². The fourth-order valence-corrected chi connectivity index (χ4v) is 1.41. The number of carbonyl (C=O) groups excluding carboxylic acids is 2. The van der Waals surface area contributed by atoms with Gasteiger partial charge in [-0.05, 0) is 19.1 Å². The molecular formula is C12H18N4O2. The molecule has 1 rings (SSSR count). The van der Waals surface area contributed by atoms with Crippen molar-refractivity contribution < 1.29 is 9.59 Å². The predicted octanol–water partition coefficient (Wildman–Crippen LogP) is 0.379. The smallest absolute Gasteiger partial charge is 0.255 e. The molecule has 98 valence electrons. The average Bonchev–Trinajstić information content (AvgIpc) is 2.39. The molecule has 0 aliphatic heterocycles. The Labute approximate surface area is 106 Å². The second-order valence-electron chi connectivity index (χ2n) is 3.61. The number of carbonyl (C=O) groups is 2. The number of hydrogen-bond donors (Lipinski definition) is 3. The maximum Gasteiger partial charge on any atom is 0.255 e. The fraction of sp³-hybridized carbons (Fsp3) is 0.417. The van der Waals surface area contributed by atoms with Gasteiger partial charge in [-0.15, -0.1) is 0 Å². The summed E-state index contributed by atoms with van der Waals surface area (Å²) in [7, 11) is 1.56. The van der Waals surface area contributed by atoms with Crippen LogP contribution in [-0.4, -0.2) is 36.9 Å². The summed E-state index contributed by atoms with van der Waals surface area (Å²) < 4.78 is 0. The number of rotatable bonds is 6. The Bertz CT molecular complexity index is 420. The summed E-state index contributed by atoms with van der Waals surface area (Å²) in [6.07, 6.45) is 1.89. The van der Waals surface area contributed by atoms with Gasteiger partial charge < -0.3 is 16.0 Å². The Kier molecular flexibility index (Phi) is 5.63. The van der Waals surface area contributed by atoms with E-state index in [1.165, 1.54) is 0 Å². The van der Waals surface area contributed by atoms with E-state index in [0.717, 1.165) is 0 Å². The standard InChI is InChI=1S/C12H18N4O2/c1-3-14-11-9(5-4-7-15-11)12(18)16-8-6-10(17)13-2/h4-5,7H,3,6,8H2,1-2H3,(H,13,17)(H,14,15)(H,16,18). The van der Waals surface area contributed by atoms with E-state index in [9.17, 15) is 9.59 Å². The minimum Gasteiger partial charge on any atom is -0.370 e. The topological polar surface area (TPSA) is 83.1 Å². The third kappa shape index (κ3) is 4.04. The molecule has 0 atom stereocenters. The summed E-state index contributed by atoms with van der Waals surface area (Å²) in [6, 6.07) is 3.40. The SMILES string of the molecule is CCNc1ncccc1C(=O)NCCC(=O)NC. The number of aromatic nitrogens is 1. The second kappa shape index (κ2) is 7.26. The third-order valence-electron chi connectivity index (χ3n) is 2.31. The van der Waals surface area contributed by atoms with Crippen molar-refractivity contribution in [3.8, 4) is 0 Å². The highest BCUT2D eigenvalue weighted by molar-refractivity contribution is 5.98. The lowest BCUT2D eigenvalue weighted by atomic mass is 10.2. The molecule has 0 aliphatic carbocycles. The molecule has 6 heteroatoms. The van der Waals surface area contributed by atoms with Gasteiger partial charge in [-0.25, -0.2) is 4.98 Å². The Morgan fingerprint density at radius 1 is 1.39 bits per heavy atom. The van der Waals surface area contributed by atoms with Crippen molar-refractivity contribution in [3.05, 3.63) is 23.9 Å². The summed E-state index contributed by atoms with van der Waals surface area (Å²) in [6.45, 7) is 2.93. The van der Waals surface area contributed by atoms with Crippen molar-refractivity contribution in [2.75, 3.05) is 25.5 Å². The molecule has 0 unspecified atom stereocenters. The lowest BCUT2D eigenvalue weighted by Crippen LogP contribution is -2.29. The number of amides is 2. The zero-order chi connectivity index (χ0) is 13.4. The summed E-state index contributed by atoms with van der Waals surface area (Å²) in [5.41, 5.74) is 0.483. The van der Waals surface area contributed by atoms with Gasteiger partial charge in [-0.3, -0.25) is 9.59 Å². The summed E-state index contributed by atoms with van der Waals surface area (Å²) in [5.74, 6) is 0.216. The van der Waals surface area contributed by atoms with Crippen LogP contribution < -0.4 is 16.0 Å². The molecule has 1 aromatic rings. The maximum absolute atomic E-state index is 11.9. The first kappa shape index (κ1) is 14.0. The molecule has 2 amide bonds. The molecule has 1 heterocycles. The number of nitrogens with zero attached hydrogens (tertiary/aromatic N) is 1. The van der Waals surface area contributed by atoms with E-state index in [2.05, 4.69) is 20.9 Å². The van der Waals surface area contributed by atoms with Gasteiger partial charge in [0.25, 0.3) is 5.91 Å². The molecule has 0 radical (unpaired) electrons. The molecule has 0 saturated heterocycles. The monoisotopic (exact) mass is 250 g/mol. The number of hydrogen-bond acceptors (Lipinski definition) is 4. The van der Waals surface area contributed by atoms with E-state index in [1.807, 2.05) is 6.92 Å². The normalized spacial score (nSPS) is 9.67. The molecule has 18 heavy (non-hydrogen) atoms. The lowest BCUT2D eigenvalue weighted by Gasteiger charge is -2.09. The Morgan fingerprint density at radius 2 is 2.17 bits per heavy atom. The van der Waals surface area contributed by atoms with Gasteiger partial charge in [0.2, 0.25) is 5.91 Å². The van der Waals surface area contributed by atoms with Crippen molar-refractivity contribution >= 4 is 17.6 Å². The van der Waals surface area contributed by atoms with E-state index in [4.69, 9.17) is 0 Å². The zero-order valence-corrected chi connectivity index (χ0v) is 10.6. The minimum atomic E-state index is -0.233. The zero-order valence-electron chi connectivity index (χ0n) is 10.6. The van der Waals surface area contributed by atoms with Gasteiger partial charge in [0.05, 0.1) is 5.56 Å². The van der Waals surface area contributed by atoms with Gasteiger partial charge in [0.1, 0.15) is 5.82 Å². The first-order chi connectivity index (χ1) is 8.69.